The molecule has 0 heterocycles. The van der Waals surface area contributed by atoms with Gasteiger partial charge in [0.25, 0.3) is 0 Å². The average Bonchev–Trinajstić information content (AvgIpc) is 1.60. The second-order valence-corrected chi connectivity index (χ2v) is 29.5. The molecular weight excluding hydrogens is 1210 g/mol. The van der Waals surface area contributed by atoms with Crippen molar-refractivity contribution in [3.8, 4) is 66.8 Å². The fraction of sp³-hybridized carbons (Fsp3) is 0.224. The molecule has 0 radical (unpaired) electrons. The molecule has 13 aromatic rings. The van der Waals surface area contributed by atoms with E-state index >= 15 is 0 Å². The molecule has 0 saturated carbocycles. The van der Waals surface area contributed by atoms with Gasteiger partial charge in [-0.3, -0.25) is 0 Å². The highest BCUT2D eigenvalue weighted by atomic mass is 15.2. The van der Waals surface area contributed by atoms with Gasteiger partial charge in [0.2, 0.25) is 0 Å². The average molecular weight is 1300 g/mol. The molecule has 2 heteroatoms. The molecule has 1 spiro atoms. The molecule has 17 rings (SSSR count). The zero-order valence-corrected chi connectivity index (χ0v) is 59.4. The molecule has 492 valence electrons. The molecule has 0 bridgehead atoms. The van der Waals surface area contributed by atoms with E-state index < -0.39 is 5.41 Å². The van der Waals surface area contributed by atoms with E-state index in [0.717, 1.165) is 42.7 Å². The third-order valence-electron chi connectivity index (χ3n) is 23.7. The normalized spacial score (nSPS) is 14.1. The molecule has 0 aliphatic heterocycles. The molecular formula is C98H90N2. The van der Waals surface area contributed by atoms with Crippen LogP contribution in [0.5, 0.6) is 0 Å². The van der Waals surface area contributed by atoms with E-state index in [1.807, 2.05) is 0 Å². The van der Waals surface area contributed by atoms with Gasteiger partial charge in [-0.1, -0.05) is 296 Å². The van der Waals surface area contributed by atoms with Crippen molar-refractivity contribution in [1.29, 1.82) is 0 Å². The van der Waals surface area contributed by atoms with E-state index in [1.54, 1.807) is 0 Å². The summed E-state index contributed by atoms with van der Waals surface area (Å²) >= 11 is 0. The van der Waals surface area contributed by atoms with Crippen LogP contribution in [0.15, 0.2) is 273 Å². The van der Waals surface area contributed by atoms with Gasteiger partial charge >= 0.3 is 0 Å². The van der Waals surface area contributed by atoms with Crippen LogP contribution >= 0.6 is 0 Å². The lowest BCUT2D eigenvalue weighted by Crippen LogP contribution is -2.26. The number of rotatable bonds is 20. The summed E-state index contributed by atoms with van der Waals surface area (Å²) in [6.07, 6.45) is 14.1. The van der Waals surface area contributed by atoms with E-state index in [-0.39, 0.29) is 10.8 Å². The van der Waals surface area contributed by atoms with Crippen LogP contribution in [-0.2, 0) is 16.2 Å². The summed E-state index contributed by atoms with van der Waals surface area (Å²) in [5, 5.41) is 2.50. The number of anilines is 6. The maximum atomic E-state index is 2.64. The predicted molar refractivity (Wildman–Crippen MR) is 425 cm³/mol. The summed E-state index contributed by atoms with van der Waals surface area (Å²) in [6, 6.07) is 106. The Morgan fingerprint density at radius 3 is 1.15 bits per heavy atom. The minimum atomic E-state index is -0.471. The van der Waals surface area contributed by atoms with E-state index in [4.69, 9.17) is 0 Å². The lowest BCUT2D eigenvalue weighted by Gasteiger charge is -2.35. The minimum absolute atomic E-state index is 0.0542. The summed E-state index contributed by atoms with van der Waals surface area (Å²) in [6.45, 7) is 16.4. The van der Waals surface area contributed by atoms with Crippen LogP contribution in [0.1, 0.15) is 166 Å². The van der Waals surface area contributed by atoms with Crippen molar-refractivity contribution in [3.63, 3.8) is 0 Å². The Kier molecular flexibility index (Phi) is 16.1. The number of fused-ring (bicyclic) bond motifs is 17. The third-order valence-corrected chi connectivity index (χ3v) is 23.7. The summed E-state index contributed by atoms with van der Waals surface area (Å²) in [7, 11) is 0. The van der Waals surface area contributed by atoms with Gasteiger partial charge in [0, 0.05) is 44.8 Å². The van der Waals surface area contributed by atoms with Gasteiger partial charge in [0.1, 0.15) is 0 Å². The SMILES string of the molecule is CCCCC1(CCCC)c2cc(C)ccc2-c2ccc(N(c3ccc(-c4ccc(N(c5ccc(-c6cccc7ccccc67)cc5)c5cccc6c5-c5ccccc5C65c6ccccc6-c6ccccc65)cc4)c(C)c3)c3ccc4c(c3)C(CCCC)(CCCC)c3cc(C)ccc3-4)cc21. The molecule has 0 saturated heterocycles. The molecule has 0 amide bonds. The Bertz CT molecular complexity index is 5120. The largest absolute Gasteiger partial charge is 0.310 e. The summed E-state index contributed by atoms with van der Waals surface area (Å²) in [5.74, 6) is 0. The Labute approximate surface area is 593 Å². The van der Waals surface area contributed by atoms with Gasteiger partial charge < -0.3 is 9.80 Å². The molecule has 0 fully saturated rings. The quantitative estimate of drug-likeness (QED) is 0.0750. The molecule has 2 nitrogen and oxygen atoms in total. The summed E-state index contributed by atoms with van der Waals surface area (Å²) < 4.78 is 0. The minimum Gasteiger partial charge on any atom is -0.310 e. The monoisotopic (exact) mass is 1290 g/mol. The fourth-order valence-corrected chi connectivity index (χ4v) is 19.1. The van der Waals surface area contributed by atoms with Crippen LogP contribution in [0.25, 0.3) is 77.5 Å². The van der Waals surface area contributed by atoms with Crippen molar-refractivity contribution in [2.24, 2.45) is 0 Å². The van der Waals surface area contributed by atoms with Gasteiger partial charge in [-0.15, -0.1) is 0 Å². The highest BCUT2D eigenvalue weighted by molar-refractivity contribution is 6.02. The molecule has 0 aromatic heterocycles. The summed E-state index contributed by atoms with van der Waals surface area (Å²) in [5.41, 5.74) is 37.5. The van der Waals surface area contributed by atoms with Crippen molar-refractivity contribution in [3.05, 3.63) is 334 Å². The van der Waals surface area contributed by atoms with Crippen molar-refractivity contribution < 1.29 is 0 Å². The lowest BCUT2D eigenvalue weighted by molar-refractivity contribution is 0.414. The van der Waals surface area contributed by atoms with Gasteiger partial charge in [-0.2, -0.15) is 0 Å². The summed E-state index contributed by atoms with van der Waals surface area (Å²) in [4.78, 5) is 5.15. The molecule has 0 N–H and O–H groups in total. The smallest absolute Gasteiger partial charge is 0.0726 e. The Hall–Kier alpha value is -10.3. The number of hydrogen-bond donors (Lipinski definition) is 0. The van der Waals surface area contributed by atoms with Crippen molar-refractivity contribution in [2.75, 3.05) is 9.80 Å². The maximum absolute atomic E-state index is 2.64. The van der Waals surface area contributed by atoms with Gasteiger partial charge in [0.05, 0.1) is 11.1 Å². The third kappa shape index (κ3) is 9.86. The first-order valence-corrected chi connectivity index (χ1v) is 37.5. The van der Waals surface area contributed by atoms with E-state index in [2.05, 4.69) is 331 Å². The first-order valence-electron chi connectivity index (χ1n) is 37.5. The van der Waals surface area contributed by atoms with E-state index in [0.29, 0.717) is 0 Å². The van der Waals surface area contributed by atoms with E-state index in [1.165, 1.54) is 207 Å². The second-order valence-electron chi connectivity index (χ2n) is 29.5. The zero-order chi connectivity index (χ0) is 67.9. The van der Waals surface area contributed by atoms with Crippen LogP contribution in [0, 0.1) is 20.8 Å². The Morgan fingerprint density at radius 2 is 0.640 bits per heavy atom. The number of aryl methyl sites for hydroxylation is 3. The predicted octanol–water partition coefficient (Wildman–Crippen LogP) is 27.7. The van der Waals surface area contributed by atoms with Crippen molar-refractivity contribution in [1.82, 2.24) is 0 Å². The maximum Gasteiger partial charge on any atom is 0.0726 e. The second kappa shape index (κ2) is 25.5. The molecule has 100 heavy (non-hydrogen) atoms. The molecule has 0 unspecified atom stereocenters. The topological polar surface area (TPSA) is 6.48 Å². The Balaban J connectivity index is 0.809. The van der Waals surface area contributed by atoms with Crippen LogP contribution in [0.4, 0.5) is 34.1 Å². The highest BCUT2D eigenvalue weighted by Gasteiger charge is 2.53. The number of hydrogen-bond acceptors (Lipinski definition) is 2. The Morgan fingerprint density at radius 1 is 0.270 bits per heavy atom. The van der Waals surface area contributed by atoms with Crippen LogP contribution < -0.4 is 9.80 Å². The number of nitrogens with zero attached hydrogens (tertiary/aromatic N) is 2. The number of benzene rings is 13. The fourth-order valence-electron chi connectivity index (χ4n) is 19.1. The van der Waals surface area contributed by atoms with Gasteiger partial charge in [-0.25, -0.2) is 0 Å². The van der Waals surface area contributed by atoms with Gasteiger partial charge in [0.15, 0.2) is 0 Å². The lowest BCUT2D eigenvalue weighted by atomic mass is 9.70. The zero-order valence-electron chi connectivity index (χ0n) is 59.4. The molecule has 0 atom stereocenters. The molecule has 4 aliphatic rings. The van der Waals surface area contributed by atoms with E-state index in [9.17, 15) is 0 Å². The van der Waals surface area contributed by atoms with Crippen molar-refractivity contribution >= 4 is 44.9 Å². The first-order chi connectivity index (χ1) is 49.1. The van der Waals surface area contributed by atoms with Crippen LogP contribution in [0.3, 0.4) is 0 Å². The standard InChI is InChI=1S/C98H90N2/c1-8-12-56-96(57-13-9-2)90-60-65(5)38-51-81(90)83-54-49-74(63-92(83)96)99(75-50-55-84-82-52-39-66(6)61-91(82)97(58-14-10-3,59-15-11-4)93(84)64-75)73-48-53-76(67(7)62-73)69-40-44-71(45-41-69)100(72-46-42-70(43-47-72)78-32-24-27-68-26-16-17-28-77(68)78)94-37-25-36-89-95(94)85-31-20-23-35-88(85)98(89)86-33-21-18-29-79(86)80-30-19-22-34-87(80)98/h16-55,60-64H,8-15,56-59H2,1-7H3. The van der Waals surface area contributed by atoms with Crippen molar-refractivity contribution in [2.45, 2.75) is 142 Å². The van der Waals surface area contributed by atoms with Crippen LogP contribution in [0.2, 0.25) is 0 Å². The van der Waals surface area contributed by atoms with Crippen LogP contribution in [-0.4, -0.2) is 0 Å². The first kappa shape index (κ1) is 63.2. The number of unbranched alkanes of at least 4 members (excludes halogenated alkanes) is 4. The molecule has 4 aliphatic carbocycles. The van der Waals surface area contributed by atoms with Gasteiger partial charge in [-0.05, 0) is 235 Å². The molecule has 13 aromatic carbocycles. The highest BCUT2D eigenvalue weighted by Crippen LogP contribution is 2.65.